The highest BCUT2D eigenvalue weighted by atomic mass is 35.5. The molecule has 6 heteroatoms. The Morgan fingerprint density at radius 1 is 1.15 bits per heavy atom. The molecule has 136 valence electrons. The van der Waals surface area contributed by atoms with E-state index >= 15 is 0 Å². The van der Waals surface area contributed by atoms with Crippen LogP contribution in [0.2, 0.25) is 5.02 Å². The average molecular weight is 373 g/mol. The molecule has 1 saturated heterocycles. The normalized spacial score (nSPS) is 16.4. The predicted octanol–water partition coefficient (Wildman–Crippen LogP) is 3.52. The van der Waals surface area contributed by atoms with Gasteiger partial charge in [0.05, 0.1) is 13.5 Å². The fraction of sp³-hybridized carbons (Fsp3) is 0.300. The molecule has 0 bridgehead atoms. The minimum atomic E-state index is -0.434. The topological polar surface area (TPSA) is 58.6 Å². The Bertz CT molecular complexity index is 775. The molecule has 0 aliphatic carbocycles. The Morgan fingerprint density at radius 3 is 2.50 bits per heavy atom. The zero-order chi connectivity index (χ0) is 18.5. The summed E-state index contributed by atoms with van der Waals surface area (Å²) in [6, 6.07) is 13.9. The van der Waals surface area contributed by atoms with E-state index < -0.39 is 6.04 Å². The number of methoxy groups -OCH3 is 1. The van der Waals surface area contributed by atoms with Gasteiger partial charge in [-0.25, -0.2) is 0 Å². The van der Waals surface area contributed by atoms with E-state index in [0.717, 1.165) is 17.7 Å². The Morgan fingerprint density at radius 2 is 1.85 bits per heavy atom. The number of benzene rings is 2. The molecule has 1 aliphatic rings. The van der Waals surface area contributed by atoms with Gasteiger partial charge in [-0.1, -0.05) is 23.7 Å². The molecule has 5 nitrogen and oxygen atoms in total. The van der Waals surface area contributed by atoms with Gasteiger partial charge in [0.15, 0.2) is 0 Å². The second-order valence-corrected chi connectivity index (χ2v) is 6.70. The SMILES string of the molecule is COc1ccc(CC(=O)N2CCC[C@H]2C(=O)Nc2ccc(Cl)cc2)cc1. The van der Waals surface area contributed by atoms with E-state index in [2.05, 4.69) is 5.32 Å². The van der Waals surface area contributed by atoms with Gasteiger partial charge < -0.3 is 15.0 Å². The minimum absolute atomic E-state index is 0.0380. The molecule has 1 heterocycles. The van der Waals surface area contributed by atoms with Gasteiger partial charge in [-0.15, -0.1) is 0 Å². The third-order valence-electron chi connectivity index (χ3n) is 4.50. The van der Waals surface area contributed by atoms with Crippen molar-refractivity contribution in [3.05, 3.63) is 59.1 Å². The molecular formula is C20H21ClN2O3. The number of amides is 2. The largest absolute Gasteiger partial charge is 0.497 e. The predicted molar refractivity (Wildman–Crippen MR) is 102 cm³/mol. The number of nitrogens with zero attached hydrogens (tertiary/aromatic N) is 1. The Labute approximate surface area is 157 Å². The Kier molecular flexibility index (Phi) is 5.78. The first-order valence-electron chi connectivity index (χ1n) is 8.55. The van der Waals surface area contributed by atoms with Crippen molar-refractivity contribution < 1.29 is 14.3 Å². The van der Waals surface area contributed by atoms with Gasteiger partial charge >= 0.3 is 0 Å². The van der Waals surface area contributed by atoms with E-state index in [4.69, 9.17) is 16.3 Å². The molecule has 1 fully saturated rings. The van der Waals surface area contributed by atoms with Crippen LogP contribution < -0.4 is 10.1 Å². The van der Waals surface area contributed by atoms with Gasteiger partial charge in [0.25, 0.3) is 0 Å². The van der Waals surface area contributed by atoms with E-state index in [1.165, 1.54) is 0 Å². The number of nitrogens with one attached hydrogen (secondary N) is 1. The first kappa shape index (κ1) is 18.3. The lowest BCUT2D eigenvalue weighted by molar-refractivity contribution is -0.136. The molecule has 3 rings (SSSR count). The highest BCUT2D eigenvalue weighted by Crippen LogP contribution is 2.22. The van der Waals surface area contributed by atoms with Crippen molar-refractivity contribution in [3.63, 3.8) is 0 Å². The highest BCUT2D eigenvalue weighted by molar-refractivity contribution is 6.30. The maximum atomic E-state index is 12.7. The van der Waals surface area contributed by atoms with Gasteiger partial charge in [-0.3, -0.25) is 9.59 Å². The molecule has 2 amide bonds. The number of halogens is 1. The molecule has 0 radical (unpaired) electrons. The van der Waals surface area contributed by atoms with Crippen molar-refractivity contribution >= 4 is 29.1 Å². The van der Waals surface area contributed by atoms with Gasteiger partial charge in [0.1, 0.15) is 11.8 Å². The number of hydrogen-bond donors (Lipinski definition) is 1. The standard InChI is InChI=1S/C20H21ClN2O3/c1-26-17-10-4-14(5-11-17)13-19(24)23-12-2-3-18(23)20(25)22-16-8-6-15(21)7-9-16/h4-11,18H,2-3,12-13H2,1H3,(H,22,25)/t18-/m0/s1. The van der Waals surface area contributed by atoms with Crippen molar-refractivity contribution in [1.29, 1.82) is 0 Å². The molecule has 2 aromatic rings. The fourth-order valence-electron chi connectivity index (χ4n) is 3.12. The molecule has 0 aromatic heterocycles. The Balaban J connectivity index is 1.63. The van der Waals surface area contributed by atoms with Crippen LogP contribution >= 0.6 is 11.6 Å². The first-order chi connectivity index (χ1) is 12.6. The Hall–Kier alpha value is -2.53. The lowest BCUT2D eigenvalue weighted by atomic mass is 10.1. The summed E-state index contributed by atoms with van der Waals surface area (Å²) in [4.78, 5) is 27.0. The summed E-state index contributed by atoms with van der Waals surface area (Å²) in [6.45, 7) is 0.605. The second kappa shape index (κ2) is 8.23. The van der Waals surface area contributed by atoms with Gasteiger partial charge in [0, 0.05) is 17.3 Å². The molecule has 26 heavy (non-hydrogen) atoms. The van der Waals surface area contributed by atoms with Crippen LogP contribution in [0.25, 0.3) is 0 Å². The summed E-state index contributed by atoms with van der Waals surface area (Å²) in [6.07, 6.45) is 1.77. The van der Waals surface area contributed by atoms with E-state index in [1.807, 2.05) is 24.3 Å². The second-order valence-electron chi connectivity index (χ2n) is 6.27. The maximum absolute atomic E-state index is 12.7. The number of hydrogen-bond acceptors (Lipinski definition) is 3. The van der Waals surface area contributed by atoms with Crippen molar-refractivity contribution in [2.45, 2.75) is 25.3 Å². The lowest BCUT2D eigenvalue weighted by Gasteiger charge is -2.24. The third kappa shape index (κ3) is 4.35. The zero-order valence-electron chi connectivity index (χ0n) is 14.6. The van der Waals surface area contributed by atoms with Crippen LogP contribution in [0.3, 0.4) is 0 Å². The minimum Gasteiger partial charge on any atom is -0.497 e. The van der Waals surface area contributed by atoms with E-state index in [1.54, 1.807) is 36.3 Å². The molecule has 1 aliphatic heterocycles. The number of anilines is 1. The van der Waals surface area contributed by atoms with Crippen molar-refractivity contribution in [1.82, 2.24) is 4.90 Å². The summed E-state index contributed by atoms with van der Waals surface area (Å²) in [5, 5.41) is 3.48. The van der Waals surface area contributed by atoms with E-state index in [9.17, 15) is 9.59 Å². The number of rotatable bonds is 5. The van der Waals surface area contributed by atoms with Gasteiger partial charge in [0.2, 0.25) is 11.8 Å². The van der Waals surface area contributed by atoms with Crippen LogP contribution in [0.15, 0.2) is 48.5 Å². The molecule has 0 spiro atoms. The number of carbonyl (C=O) groups is 2. The van der Waals surface area contributed by atoms with Gasteiger partial charge in [-0.05, 0) is 54.8 Å². The quantitative estimate of drug-likeness (QED) is 0.873. The summed E-state index contributed by atoms with van der Waals surface area (Å²) in [7, 11) is 1.61. The van der Waals surface area contributed by atoms with Crippen LogP contribution in [-0.4, -0.2) is 36.4 Å². The molecule has 1 N–H and O–H groups in total. The molecule has 1 atom stereocenters. The van der Waals surface area contributed by atoms with Crippen molar-refractivity contribution in [3.8, 4) is 5.75 Å². The monoisotopic (exact) mass is 372 g/mol. The van der Waals surface area contributed by atoms with Crippen LogP contribution in [0.4, 0.5) is 5.69 Å². The van der Waals surface area contributed by atoms with Crippen molar-refractivity contribution in [2.24, 2.45) is 0 Å². The van der Waals surface area contributed by atoms with E-state index in [0.29, 0.717) is 23.7 Å². The van der Waals surface area contributed by atoms with Crippen LogP contribution in [0, 0.1) is 0 Å². The number of likely N-dealkylation sites (tertiary alicyclic amines) is 1. The molecular weight excluding hydrogens is 352 g/mol. The summed E-state index contributed by atoms with van der Waals surface area (Å²) in [5.41, 5.74) is 1.58. The summed E-state index contributed by atoms with van der Waals surface area (Å²) < 4.78 is 5.13. The molecule has 0 unspecified atom stereocenters. The third-order valence-corrected chi connectivity index (χ3v) is 4.75. The fourth-order valence-corrected chi connectivity index (χ4v) is 3.24. The molecule has 2 aromatic carbocycles. The highest BCUT2D eigenvalue weighted by Gasteiger charge is 2.33. The summed E-state index contributed by atoms with van der Waals surface area (Å²) >= 11 is 5.86. The van der Waals surface area contributed by atoms with Crippen LogP contribution in [0.1, 0.15) is 18.4 Å². The maximum Gasteiger partial charge on any atom is 0.247 e. The first-order valence-corrected chi connectivity index (χ1v) is 8.93. The lowest BCUT2D eigenvalue weighted by Crippen LogP contribution is -2.43. The van der Waals surface area contributed by atoms with Crippen LogP contribution in [-0.2, 0) is 16.0 Å². The molecule has 0 saturated carbocycles. The van der Waals surface area contributed by atoms with Crippen molar-refractivity contribution in [2.75, 3.05) is 19.0 Å². The average Bonchev–Trinajstić information content (AvgIpc) is 3.14. The smallest absolute Gasteiger partial charge is 0.247 e. The summed E-state index contributed by atoms with van der Waals surface area (Å²) in [5.74, 6) is 0.555. The van der Waals surface area contributed by atoms with Gasteiger partial charge in [-0.2, -0.15) is 0 Å². The zero-order valence-corrected chi connectivity index (χ0v) is 15.3. The number of ether oxygens (including phenoxy) is 1. The van der Waals surface area contributed by atoms with E-state index in [-0.39, 0.29) is 18.2 Å². The number of carbonyl (C=O) groups excluding carboxylic acids is 2. The van der Waals surface area contributed by atoms with Crippen LogP contribution in [0.5, 0.6) is 5.75 Å².